The van der Waals surface area contributed by atoms with Crippen molar-refractivity contribution in [3.8, 4) is 0 Å². The molecule has 2 N–H and O–H groups in total. The van der Waals surface area contributed by atoms with E-state index in [1.165, 1.54) is 23.5 Å². The average Bonchev–Trinajstić information content (AvgIpc) is 3.05. The van der Waals surface area contributed by atoms with Crippen molar-refractivity contribution >= 4 is 52.1 Å². The Morgan fingerprint density at radius 1 is 1.26 bits per heavy atom. The van der Waals surface area contributed by atoms with Crippen LogP contribution < -0.4 is 10.6 Å². The molecule has 2 rings (SSSR count). The Hall–Kier alpha value is -2.98. The maximum atomic E-state index is 11.8. The Morgan fingerprint density at radius 3 is 2.63 bits per heavy atom. The number of rotatable bonds is 7. The topological polar surface area (TPSA) is 128 Å². The van der Waals surface area contributed by atoms with Crippen LogP contribution in [0.25, 0.3) is 0 Å². The molecule has 0 radical (unpaired) electrons. The molecular formula is C16H14ClN3O6S. The summed E-state index contributed by atoms with van der Waals surface area (Å²) < 4.78 is 4.73. The van der Waals surface area contributed by atoms with Crippen LogP contribution in [0.2, 0.25) is 5.02 Å². The standard InChI is InChI=1S/C16H14ClN3O6S/c1-9-2-5-13(27-9)16(23)18-7-15(22)26-8-14(21)19-11-4-3-10(17)6-12(11)20(24)25/h2-6H,7-8H2,1H3,(H,18,23)(H,19,21). The van der Waals surface area contributed by atoms with Gasteiger partial charge in [0.2, 0.25) is 0 Å². The number of thiophene rings is 1. The number of nitro groups is 1. The van der Waals surface area contributed by atoms with Gasteiger partial charge in [-0.3, -0.25) is 24.5 Å². The van der Waals surface area contributed by atoms with Crippen LogP contribution in [-0.4, -0.2) is 35.9 Å². The second-order valence-corrected chi connectivity index (χ2v) is 6.94. The van der Waals surface area contributed by atoms with Crippen molar-refractivity contribution < 1.29 is 24.0 Å². The van der Waals surface area contributed by atoms with E-state index in [-0.39, 0.29) is 16.4 Å². The monoisotopic (exact) mass is 411 g/mol. The molecule has 0 aliphatic carbocycles. The third-order valence-corrected chi connectivity index (χ3v) is 4.39. The van der Waals surface area contributed by atoms with Crippen LogP contribution in [-0.2, 0) is 14.3 Å². The molecule has 1 aromatic heterocycles. The first-order valence-corrected chi connectivity index (χ1v) is 8.69. The predicted molar refractivity (Wildman–Crippen MR) is 99.1 cm³/mol. The maximum Gasteiger partial charge on any atom is 0.325 e. The number of halogens is 1. The summed E-state index contributed by atoms with van der Waals surface area (Å²) in [5.41, 5.74) is -0.465. The molecule has 9 nitrogen and oxygen atoms in total. The summed E-state index contributed by atoms with van der Waals surface area (Å²) in [6.07, 6.45) is 0. The first kappa shape index (κ1) is 20.3. The minimum atomic E-state index is -0.822. The molecule has 2 amide bonds. The van der Waals surface area contributed by atoms with E-state index in [1.54, 1.807) is 12.1 Å². The van der Waals surface area contributed by atoms with Crippen LogP contribution in [0, 0.1) is 17.0 Å². The van der Waals surface area contributed by atoms with E-state index >= 15 is 0 Å². The number of esters is 1. The van der Waals surface area contributed by atoms with Crippen LogP contribution >= 0.6 is 22.9 Å². The summed E-state index contributed by atoms with van der Waals surface area (Å²) in [5.74, 6) is -2.02. The largest absolute Gasteiger partial charge is 0.454 e. The number of carbonyl (C=O) groups excluding carboxylic acids is 3. The first-order valence-electron chi connectivity index (χ1n) is 7.50. The number of aryl methyl sites for hydroxylation is 1. The fourth-order valence-electron chi connectivity index (χ4n) is 1.94. The molecule has 0 fully saturated rings. The number of ether oxygens (including phenoxy) is 1. The number of nitrogens with zero attached hydrogens (tertiary/aromatic N) is 1. The molecule has 0 aliphatic heterocycles. The zero-order valence-electron chi connectivity index (χ0n) is 14.0. The fourth-order valence-corrected chi connectivity index (χ4v) is 2.89. The molecule has 27 heavy (non-hydrogen) atoms. The molecule has 11 heteroatoms. The molecule has 1 aromatic carbocycles. The highest BCUT2D eigenvalue weighted by atomic mass is 35.5. The fraction of sp³-hybridized carbons (Fsp3) is 0.188. The minimum absolute atomic E-state index is 0.0770. The van der Waals surface area contributed by atoms with Gasteiger partial charge in [-0.2, -0.15) is 0 Å². The van der Waals surface area contributed by atoms with Gasteiger partial charge in [0.1, 0.15) is 12.2 Å². The third kappa shape index (κ3) is 6.04. The summed E-state index contributed by atoms with van der Waals surface area (Å²) in [7, 11) is 0. The van der Waals surface area contributed by atoms with Crippen molar-refractivity contribution in [2.75, 3.05) is 18.5 Å². The van der Waals surface area contributed by atoms with E-state index in [0.29, 0.717) is 4.88 Å². The Labute approximate surface area is 162 Å². The number of hydrogen-bond donors (Lipinski definition) is 2. The van der Waals surface area contributed by atoms with Gasteiger partial charge in [-0.05, 0) is 31.2 Å². The van der Waals surface area contributed by atoms with Gasteiger partial charge in [0, 0.05) is 16.0 Å². The SMILES string of the molecule is Cc1ccc(C(=O)NCC(=O)OCC(=O)Nc2ccc(Cl)cc2[N+](=O)[O-])s1. The van der Waals surface area contributed by atoms with E-state index in [4.69, 9.17) is 16.3 Å². The van der Waals surface area contributed by atoms with E-state index in [0.717, 1.165) is 10.9 Å². The molecule has 2 aromatic rings. The van der Waals surface area contributed by atoms with Crippen LogP contribution in [0.4, 0.5) is 11.4 Å². The smallest absolute Gasteiger partial charge is 0.325 e. The van der Waals surface area contributed by atoms with Crippen LogP contribution in [0.3, 0.4) is 0 Å². The number of hydrogen-bond acceptors (Lipinski definition) is 7. The molecule has 0 aliphatic rings. The van der Waals surface area contributed by atoms with Crippen LogP contribution in [0.1, 0.15) is 14.5 Å². The van der Waals surface area contributed by atoms with Crippen LogP contribution in [0.15, 0.2) is 30.3 Å². The molecule has 1 heterocycles. The molecule has 0 unspecified atom stereocenters. The molecule has 0 saturated heterocycles. The summed E-state index contributed by atoms with van der Waals surface area (Å²) in [6, 6.07) is 7.14. The maximum absolute atomic E-state index is 11.8. The van der Waals surface area contributed by atoms with Gasteiger partial charge in [0.25, 0.3) is 17.5 Å². The van der Waals surface area contributed by atoms with Crippen molar-refractivity contribution in [2.24, 2.45) is 0 Å². The van der Waals surface area contributed by atoms with Gasteiger partial charge >= 0.3 is 5.97 Å². The molecule has 0 saturated carbocycles. The molecule has 0 bridgehead atoms. The lowest BCUT2D eigenvalue weighted by Crippen LogP contribution is -2.31. The summed E-state index contributed by atoms with van der Waals surface area (Å²) in [4.78, 5) is 46.9. The van der Waals surface area contributed by atoms with Gasteiger partial charge in [0.15, 0.2) is 6.61 Å². The lowest BCUT2D eigenvalue weighted by Gasteiger charge is -2.08. The zero-order valence-corrected chi connectivity index (χ0v) is 15.6. The van der Waals surface area contributed by atoms with Crippen molar-refractivity contribution in [3.05, 3.63) is 55.2 Å². The Kier molecular flexibility index (Phi) is 6.85. The zero-order chi connectivity index (χ0) is 20.0. The lowest BCUT2D eigenvalue weighted by molar-refractivity contribution is -0.383. The number of benzene rings is 1. The van der Waals surface area contributed by atoms with Crippen molar-refractivity contribution in [3.63, 3.8) is 0 Å². The Morgan fingerprint density at radius 2 is 2.00 bits per heavy atom. The third-order valence-electron chi connectivity index (χ3n) is 3.15. The molecule has 0 atom stereocenters. The molecule has 0 spiro atoms. The van der Waals surface area contributed by atoms with E-state index in [2.05, 4.69) is 10.6 Å². The average molecular weight is 412 g/mol. The summed E-state index contributed by atoms with van der Waals surface area (Å²) >= 11 is 6.96. The Bertz CT molecular complexity index is 898. The van der Waals surface area contributed by atoms with Gasteiger partial charge in [-0.25, -0.2) is 0 Å². The highest BCUT2D eigenvalue weighted by molar-refractivity contribution is 7.13. The minimum Gasteiger partial charge on any atom is -0.454 e. The predicted octanol–water partition coefficient (Wildman–Crippen LogP) is 2.53. The quantitative estimate of drug-likeness (QED) is 0.409. The molecular weight excluding hydrogens is 398 g/mol. The number of carbonyl (C=O) groups is 3. The van der Waals surface area contributed by atoms with Crippen molar-refractivity contribution in [2.45, 2.75) is 6.92 Å². The first-order chi connectivity index (χ1) is 12.8. The van der Waals surface area contributed by atoms with Crippen LogP contribution in [0.5, 0.6) is 0 Å². The van der Waals surface area contributed by atoms with E-state index in [1.807, 2.05) is 6.92 Å². The molecule has 142 valence electrons. The summed E-state index contributed by atoms with van der Waals surface area (Å²) in [5, 5.41) is 15.7. The van der Waals surface area contributed by atoms with Gasteiger partial charge < -0.3 is 15.4 Å². The van der Waals surface area contributed by atoms with Crippen molar-refractivity contribution in [1.29, 1.82) is 0 Å². The second kappa shape index (κ2) is 9.10. The number of nitrogens with one attached hydrogen (secondary N) is 2. The second-order valence-electron chi connectivity index (χ2n) is 5.22. The van der Waals surface area contributed by atoms with Crippen molar-refractivity contribution in [1.82, 2.24) is 5.32 Å². The van der Waals surface area contributed by atoms with E-state index in [9.17, 15) is 24.5 Å². The van der Waals surface area contributed by atoms with Gasteiger partial charge in [0.05, 0.1) is 9.80 Å². The lowest BCUT2D eigenvalue weighted by atomic mass is 10.2. The van der Waals surface area contributed by atoms with E-state index < -0.39 is 35.9 Å². The van der Waals surface area contributed by atoms with Gasteiger partial charge in [-0.15, -0.1) is 11.3 Å². The number of nitro benzene ring substituents is 1. The summed E-state index contributed by atoms with van der Waals surface area (Å²) in [6.45, 7) is 0.774. The normalized spacial score (nSPS) is 10.1. The van der Waals surface area contributed by atoms with Gasteiger partial charge in [-0.1, -0.05) is 11.6 Å². The highest BCUT2D eigenvalue weighted by Gasteiger charge is 2.17. The Balaban J connectivity index is 1.81. The number of amides is 2. The number of anilines is 1. The highest BCUT2D eigenvalue weighted by Crippen LogP contribution is 2.27.